The van der Waals surface area contributed by atoms with E-state index in [1.165, 1.54) is 68.8 Å². The molecule has 2 nitrogen and oxygen atoms in total. The van der Waals surface area contributed by atoms with E-state index in [0.29, 0.717) is 5.75 Å². The first kappa shape index (κ1) is 21.3. The van der Waals surface area contributed by atoms with E-state index in [4.69, 9.17) is 9.47 Å². The Kier molecular flexibility index (Phi) is 6.23. The molecule has 0 unspecified atom stereocenters. The van der Waals surface area contributed by atoms with Crippen LogP contribution in [0, 0.1) is 0 Å². The molecule has 0 spiro atoms. The number of hydrogen-bond acceptors (Lipinski definition) is 3. The standard InChI is InChI=1S/C21H18F4O2SSi/c1-26-15-8-11-17(12-9-15)28-21(22,23)19-14-16(27-2)10-13-20(19)29(24,25)18-6-4-3-5-7-18/h3-14H,1-2H3. The molecular weight excluding hydrogens is 420 g/mol. The summed E-state index contributed by atoms with van der Waals surface area (Å²) in [7, 11) is -2.57. The largest absolute Gasteiger partial charge is 0.497 e. The summed E-state index contributed by atoms with van der Waals surface area (Å²) in [5.74, 6) is 0.611. The first-order valence-electron chi connectivity index (χ1n) is 8.61. The maximum atomic E-state index is 15.3. The van der Waals surface area contributed by atoms with Gasteiger partial charge in [0, 0.05) is 20.8 Å². The molecule has 0 amide bonds. The van der Waals surface area contributed by atoms with Gasteiger partial charge in [0.15, 0.2) is 0 Å². The Morgan fingerprint density at radius 1 is 0.793 bits per heavy atom. The smallest absolute Gasteiger partial charge is 0.488 e. The van der Waals surface area contributed by atoms with Crippen LogP contribution in [0.2, 0.25) is 0 Å². The van der Waals surface area contributed by atoms with Crippen LogP contribution in [0.25, 0.3) is 0 Å². The molecule has 0 aromatic heterocycles. The van der Waals surface area contributed by atoms with Gasteiger partial charge in [0.1, 0.15) is 11.5 Å². The third kappa shape index (κ3) is 4.59. The van der Waals surface area contributed by atoms with Crippen LogP contribution >= 0.6 is 11.8 Å². The third-order valence-corrected chi connectivity index (χ3v) is 7.48. The monoisotopic (exact) mass is 438 g/mol. The highest BCUT2D eigenvalue weighted by Gasteiger charge is 2.48. The minimum atomic E-state index is -5.35. The maximum absolute atomic E-state index is 15.3. The number of benzene rings is 3. The molecule has 0 saturated heterocycles. The summed E-state index contributed by atoms with van der Waals surface area (Å²) >= 11 is 0.207. The van der Waals surface area contributed by atoms with E-state index in [-0.39, 0.29) is 27.6 Å². The molecule has 3 aromatic rings. The van der Waals surface area contributed by atoms with Crippen molar-refractivity contribution in [3.05, 3.63) is 78.4 Å². The lowest BCUT2D eigenvalue weighted by atomic mass is 10.2. The second-order valence-corrected chi connectivity index (χ2v) is 9.60. The van der Waals surface area contributed by atoms with Crippen molar-refractivity contribution in [3.63, 3.8) is 0 Å². The van der Waals surface area contributed by atoms with Crippen LogP contribution in [-0.2, 0) is 5.25 Å². The molecule has 0 radical (unpaired) electrons. The van der Waals surface area contributed by atoms with Crippen LogP contribution in [0.15, 0.2) is 77.7 Å². The second-order valence-electron chi connectivity index (χ2n) is 6.15. The molecule has 0 fully saturated rings. The third-order valence-electron chi connectivity index (χ3n) is 4.32. The van der Waals surface area contributed by atoms with Gasteiger partial charge in [-0.1, -0.05) is 36.4 Å². The van der Waals surface area contributed by atoms with E-state index >= 15 is 17.0 Å². The van der Waals surface area contributed by atoms with Crippen molar-refractivity contribution >= 4 is 30.9 Å². The number of thioether (sulfide) groups is 1. The Morgan fingerprint density at radius 2 is 1.38 bits per heavy atom. The molecule has 0 N–H and O–H groups in total. The van der Waals surface area contributed by atoms with Gasteiger partial charge in [0.25, 0.3) is 0 Å². The van der Waals surface area contributed by atoms with Crippen LogP contribution in [0.4, 0.5) is 17.0 Å². The predicted molar refractivity (Wildman–Crippen MR) is 109 cm³/mol. The Morgan fingerprint density at radius 3 is 1.97 bits per heavy atom. The van der Waals surface area contributed by atoms with Gasteiger partial charge in [-0.25, -0.2) is 0 Å². The first-order chi connectivity index (χ1) is 13.8. The van der Waals surface area contributed by atoms with Gasteiger partial charge < -0.3 is 9.47 Å². The van der Waals surface area contributed by atoms with Crippen LogP contribution in [0.3, 0.4) is 0 Å². The van der Waals surface area contributed by atoms with Gasteiger partial charge in [0.05, 0.1) is 14.2 Å². The highest BCUT2D eigenvalue weighted by molar-refractivity contribution is 8.00. The van der Waals surface area contributed by atoms with Crippen molar-refractivity contribution in [1.82, 2.24) is 0 Å². The van der Waals surface area contributed by atoms with Crippen molar-refractivity contribution in [2.45, 2.75) is 10.2 Å². The zero-order valence-electron chi connectivity index (χ0n) is 15.7. The number of halogens is 4. The highest BCUT2D eigenvalue weighted by Crippen LogP contribution is 2.45. The Hall–Kier alpha value is -2.45. The summed E-state index contributed by atoms with van der Waals surface area (Å²) in [4.78, 5) is 0.231. The van der Waals surface area contributed by atoms with E-state index in [1.54, 1.807) is 6.07 Å². The van der Waals surface area contributed by atoms with Gasteiger partial charge in [0.2, 0.25) is 0 Å². The van der Waals surface area contributed by atoms with Crippen molar-refractivity contribution in [3.8, 4) is 11.5 Å². The molecule has 29 heavy (non-hydrogen) atoms. The summed E-state index contributed by atoms with van der Waals surface area (Å²) in [6.07, 6.45) is 0. The first-order valence-corrected chi connectivity index (χ1v) is 11.2. The van der Waals surface area contributed by atoms with Gasteiger partial charge >= 0.3 is 14.0 Å². The molecule has 0 aliphatic rings. The lowest BCUT2D eigenvalue weighted by molar-refractivity contribution is 0.106. The Bertz CT molecular complexity index is 966. The van der Waals surface area contributed by atoms with Gasteiger partial charge in [-0.2, -0.15) is 8.78 Å². The zero-order chi connectivity index (χ0) is 21.1. The highest BCUT2D eigenvalue weighted by atomic mass is 32.2. The topological polar surface area (TPSA) is 18.5 Å². The van der Waals surface area contributed by atoms with Crippen molar-refractivity contribution < 1.29 is 26.5 Å². The van der Waals surface area contributed by atoms with E-state index in [0.717, 1.165) is 12.1 Å². The molecular formula is C21H18F4O2SSi. The second kappa shape index (κ2) is 8.50. The Labute approximate surface area is 171 Å². The summed E-state index contributed by atoms with van der Waals surface area (Å²) < 4.78 is 71.0. The van der Waals surface area contributed by atoms with Crippen molar-refractivity contribution in [1.29, 1.82) is 0 Å². The number of methoxy groups -OCH3 is 2. The molecule has 0 aliphatic heterocycles. The lowest BCUT2D eigenvalue weighted by Crippen LogP contribution is -2.53. The summed E-state index contributed by atoms with van der Waals surface area (Å²) in [5, 5.41) is -4.45. The van der Waals surface area contributed by atoms with Crippen molar-refractivity contribution in [2.24, 2.45) is 0 Å². The van der Waals surface area contributed by atoms with E-state index in [2.05, 4.69) is 0 Å². The molecule has 0 atom stereocenters. The van der Waals surface area contributed by atoms with Gasteiger partial charge in [-0.3, -0.25) is 8.22 Å². The van der Waals surface area contributed by atoms with Crippen LogP contribution in [-0.4, -0.2) is 23.0 Å². The van der Waals surface area contributed by atoms with Crippen LogP contribution in [0.1, 0.15) is 5.56 Å². The molecule has 0 heterocycles. The summed E-state index contributed by atoms with van der Waals surface area (Å²) in [5.41, 5.74) is -0.738. The minimum absolute atomic E-state index is 0.0941. The van der Waals surface area contributed by atoms with Gasteiger partial charge in [-0.05, 0) is 48.2 Å². The average molecular weight is 439 g/mol. The van der Waals surface area contributed by atoms with Gasteiger partial charge in [-0.15, -0.1) is 0 Å². The molecule has 152 valence electrons. The fourth-order valence-electron chi connectivity index (χ4n) is 2.81. The predicted octanol–water partition coefficient (Wildman–Crippen LogP) is 5.04. The fraction of sp³-hybridized carbons (Fsp3) is 0.143. The Balaban J connectivity index is 2.06. The summed E-state index contributed by atoms with van der Waals surface area (Å²) in [6, 6.07) is 16.4. The molecule has 3 aromatic carbocycles. The zero-order valence-corrected chi connectivity index (χ0v) is 17.5. The van der Waals surface area contributed by atoms with E-state index < -0.39 is 24.7 Å². The normalized spacial score (nSPS) is 11.9. The van der Waals surface area contributed by atoms with Crippen LogP contribution < -0.4 is 19.8 Å². The molecule has 3 rings (SSSR count). The number of alkyl halides is 2. The fourth-order valence-corrected chi connectivity index (χ4v) is 5.53. The average Bonchev–Trinajstić information content (AvgIpc) is 2.74. The SMILES string of the molecule is COc1ccc(SC(F)(F)c2cc(OC)ccc2[Si](F)(F)c2ccccc2)cc1. The minimum Gasteiger partial charge on any atom is -0.497 e. The molecule has 8 heteroatoms. The van der Waals surface area contributed by atoms with E-state index in [1.807, 2.05) is 0 Å². The molecule has 0 aliphatic carbocycles. The van der Waals surface area contributed by atoms with E-state index in [9.17, 15) is 0 Å². The summed E-state index contributed by atoms with van der Waals surface area (Å²) in [6.45, 7) is 0. The van der Waals surface area contributed by atoms with Crippen LogP contribution in [0.5, 0.6) is 11.5 Å². The molecule has 0 saturated carbocycles. The molecule has 0 bridgehead atoms. The lowest BCUT2D eigenvalue weighted by Gasteiger charge is -2.24. The maximum Gasteiger partial charge on any atom is 0.488 e. The number of rotatable bonds is 7. The van der Waals surface area contributed by atoms with Crippen molar-refractivity contribution in [2.75, 3.05) is 14.2 Å². The number of hydrogen-bond donors (Lipinski definition) is 0. The quantitative estimate of drug-likeness (QED) is 0.223. The number of ether oxygens (including phenoxy) is 2.